The van der Waals surface area contributed by atoms with Crippen LogP contribution in [0, 0.1) is 0 Å². The lowest BCUT2D eigenvalue weighted by molar-refractivity contribution is 0.408. The van der Waals surface area contributed by atoms with Crippen molar-refractivity contribution >= 4 is 22.7 Å². The topological polar surface area (TPSA) is 174 Å². The normalized spacial score (nSPS) is 10.2. The molecule has 33 heavy (non-hydrogen) atoms. The van der Waals surface area contributed by atoms with Gasteiger partial charge in [0.05, 0.1) is 7.11 Å². The first kappa shape index (κ1) is 23.0. The van der Waals surface area contributed by atoms with E-state index in [-0.39, 0.29) is 17.2 Å². The van der Waals surface area contributed by atoms with Gasteiger partial charge in [0.25, 0.3) is 0 Å². The fraction of sp³-hybridized carbons (Fsp3) is 0.0400. The Bertz CT molecular complexity index is 1270. The number of aromatic hydroxyl groups is 3. The first-order chi connectivity index (χ1) is 15.7. The van der Waals surface area contributed by atoms with E-state index in [4.69, 9.17) is 27.7 Å². The molecule has 0 saturated carbocycles. The Labute approximate surface area is 191 Å². The third-order valence-electron chi connectivity index (χ3n) is 4.80. The summed E-state index contributed by atoms with van der Waals surface area (Å²) in [4.78, 5) is 0. The van der Waals surface area contributed by atoms with E-state index in [1.807, 2.05) is 12.1 Å². The fourth-order valence-electron chi connectivity index (χ4n) is 3.30. The second-order valence-electron chi connectivity index (χ2n) is 7.35. The lowest BCUT2D eigenvalue weighted by Crippen LogP contribution is -1.93. The highest BCUT2D eigenvalue weighted by atomic mass is 16.5. The molecule has 170 valence electrons. The minimum absolute atomic E-state index is 0.00812. The van der Waals surface area contributed by atoms with Gasteiger partial charge in [-0.25, -0.2) is 0 Å². The Morgan fingerprint density at radius 1 is 0.545 bits per heavy atom. The monoisotopic (exact) mass is 446 g/mol. The summed E-state index contributed by atoms with van der Waals surface area (Å²) in [5.74, 6) is 0.698. The van der Waals surface area contributed by atoms with Gasteiger partial charge in [-0.3, -0.25) is 0 Å². The Morgan fingerprint density at radius 3 is 1.39 bits per heavy atom. The highest BCUT2D eigenvalue weighted by molar-refractivity contribution is 5.81. The fourth-order valence-corrected chi connectivity index (χ4v) is 3.30. The molecule has 0 heterocycles. The Kier molecular flexibility index (Phi) is 6.68. The Balaban J connectivity index is 0.000000186. The lowest BCUT2D eigenvalue weighted by Gasteiger charge is -2.09. The molecule has 11 N–H and O–H groups in total. The van der Waals surface area contributed by atoms with E-state index in [1.54, 1.807) is 43.5 Å². The summed E-state index contributed by atoms with van der Waals surface area (Å²) in [5.41, 5.74) is 28.2. The van der Waals surface area contributed by atoms with Gasteiger partial charge in [0.1, 0.15) is 23.0 Å². The summed E-state index contributed by atoms with van der Waals surface area (Å²) >= 11 is 0. The van der Waals surface area contributed by atoms with Crippen LogP contribution in [-0.4, -0.2) is 22.4 Å². The van der Waals surface area contributed by atoms with Gasteiger partial charge in [-0.05, 0) is 59.7 Å². The molecule has 4 rings (SSSR count). The maximum atomic E-state index is 9.59. The van der Waals surface area contributed by atoms with Gasteiger partial charge in [0.2, 0.25) is 0 Å². The number of hydrogen-bond acceptors (Lipinski definition) is 8. The number of hydrogen-bond donors (Lipinski definition) is 7. The molecule has 0 aliphatic heterocycles. The molecule has 0 amide bonds. The molecule has 0 atom stereocenters. The van der Waals surface area contributed by atoms with Crippen molar-refractivity contribution in [3.63, 3.8) is 0 Å². The van der Waals surface area contributed by atoms with Crippen molar-refractivity contribution in [3.05, 3.63) is 72.8 Å². The minimum Gasteiger partial charge on any atom is -0.508 e. The number of anilines is 4. The molecule has 0 unspecified atom stereocenters. The van der Waals surface area contributed by atoms with Gasteiger partial charge >= 0.3 is 0 Å². The van der Waals surface area contributed by atoms with Crippen LogP contribution in [0.1, 0.15) is 0 Å². The van der Waals surface area contributed by atoms with Crippen LogP contribution in [0.3, 0.4) is 0 Å². The highest BCUT2D eigenvalue weighted by Gasteiger charge is 2.07. The summed E-state index contributed by atoms with van der Waals surface area (Å²) in [6.07, 6.45) is 0. The molecule has 0 saturated heterocycles. The molecule has 0 aliphatic carbocycles. The van der Waals surface area contributed by atoms with E-state index in [1.165, 1.54) is 24.3 Å². The van der Waals surface area contributed by atoms with Crippen LogP contribution < -0.4 is 27.7 Å². The average molecular weight is 447 g/mol. The number of phenols is 3. The van der Waals surface area contributed by atoms with Crippen molar-refractivity contribution < 1.29 is 20.1 Å². The molecule has 0 fully saturated rings. The van der Waals surface area contributed by atoms with Crippen molar-refractivity contribution in [2.45, 2.75) is 0 Å². The molecule has 0 spiro atoms. The number of methoxy groups -OCH3 is 1. The van der Waals surface area contributed by atoms with E-state index in [9.17, 15) is 15.3 Å². The molecule has 8 nitrogen and oxygen atoms in total. The number of ether oxygens (including phenoxy) is 1. The summed E-state index contributed by atoms with van der Waals surface area (Å²) in [5, 5.41) is 28.3. The van der Waals surface area contributed by atoms with Crippen LogP contribution in [0.5, 0.6) is 23.0 Å². The van der Waals surface area contributed by atoms with Gasteiger partial charge in [-0.2, -0.15) is 0 Å². The van der Waals surface area contributed by atoms with E-state index in [0.29, 0.717) is 34.1 Å². The van der Waals surface area contributed by atoms with E-state index < -0.39 is 0 Å². The van der Waals surface area contributed by atoms with Gasteiger partial charge < -0.3 is 43.0 Å². The number of nitrogen functional groups attached to an aromatic ring is 4. The predicted octanol–water partition coefficient (Wildman–Crippen LogP) is 4.16. The standard InChI is InChI=1S/C13H14N2O2.C12H12N2O2/c1-17-11-5-8(4-10(16)7-11)12-3-2-9(14)6-13(12)15;13-8-1-2-11(12(14)5-8)7-3-9(15)6-10(16)4-7/h2-7,16H,14-15H2,1H3;1-6,15-16H,13-14H2. The number of nitrogens with two attached hydrogens (primary N) is 4. The maximum absolute atomic E-state index is 9.59. The number of rotatable bonds is 3. The predicted molar refractivity (Wildman–Crippen MR) is 133 cm³/mol. The summed E-state index contributed by atoms with van der Waals surface area (Å²) in [6.45, 7) is 0. The highest BCUT2D eigenvalue weighted by Crippen LogP contribution is 2.34. The van der Waals surface area contributed by atoms with Crippen LogP contribution in [0.2, 0.25) is 0 Å². The van der Waals surface area contributed by atoms with Gasteiger partial charge in [-0.1, -0.05) is 12.1 Å². The van der Waals surface area contributed by atoms with Gasteiger partial charge in [0.15, 0.2) is 0 Å². The first-order valence-electron chi connectivity index (χ1n) is 9.88. The molecule has 0 radical (unpaired) electrons. The zero-order chi connectivity index (χ0) is 24.1. The van der Waals surface area contributed by atoms with Gasteiger partial charge in [-0.15, -0.1) is 0 Å². The van der Waals surface area contributed by atoms with E-state index >= 15 is 0 Å². The summed E-state index contributed by atoms with van der Waals surface area (Å²) < 4.78 is 5.10. The van der Waals surface area contributed by atoms with Crippen LogP contribution >= 0.6 is 0 Å². The van der Waals surface area contributed by atoms with Gasteiger partial charge in [0, 0.05) is 46.0 Å². The first-order valence-corrected chi connectivity index (χ1v) is 9.88. The molecule has 0 aromatic heterocycles. The maximum Gasteiger partial charge on any atom is 0.123 e. The van der Waals surface area contributed by atoms with Crippen molar-refractivity contribution in [1.29, 1.82) is 0 Å². The molecule has 0 aliphatic rings. The molecule has 4 aromatic rings. The minimum atomic E-state index is -0.00812. The lowest BCUT2D eigenvalue weighted by atomic mass is 10.0. The van der Waals surface area contributed by atoms with Crippen LogP contribution in [0.25, 0.3) is 22.3 Å². The second-order valence-corrected chi connectivity index (χ2v) is 7.35. The molecule has 0 bridgehead atoms. The molecule has 4 aromatic carbocycles. The second kappa shape index (κ2) is 9.61. The number of phenolic OH excluding ortho intramolecular Hbond substituents is 3. The summed E-state index contributed by atoms with van der Waals surface area (Å²) in [6, 6.07) is 19.7. The van der Waals surface area contributed by atoms with Crippen LogP contribution in [0.15, 0.2) is 72.8 Å². The van der Waals surface area contributed by atoms with Crippen molar-refractivity contribution in [2.75, 3.05) is 30.0 Å². The molecule has 8 heteroatoms. The summed E-state index contributed by atoms with van der Waals surface area (Å²) in [7, 11) is 1.55. The van der Waals surface area contributed by atoms with E-state index in [0.717, 1.165) is 16.7 Å². The van der Waals surface area contributed by atoms with Crippen molar-refractivity contribution in [2.24, 2.45) is 0 Å². The molecular formula is C25H26N4O4. The van der Waals surface area contributed by atoms with E-state index in [2.05, 4.69) is 0 Å². The molecular weight excluding hydrogens is 420 g/mol. The quantitative estimate of drug-likeness (QED) is 0.230. The Morgan fingerprint density at radius 2 is 0.970 bits per heavy atom. The third kappa shape index (κ3) is 5.71. The third-order valence-corrected chi connectivity index (χ3v) is 4.80. The number of benzene rings is 4. The van der Waals surface area contributed by atoms with Crippen molar-refractivity contribution in [1.82, 2.24) is 0 Å². The average Bonchev–Trinajstić information content (AvgIpc) is 2.73. The largest absolute Gasteiger partial charge is 0.508 e. The SMILES string of the molecule is COc1cc(O)cc(-c2ccc(N)cc2N)c1.Nc1ccc(-c2cc(O)cc(O)c2)c(N)c1. The Hall–Kier alpha value is -4.72. The smallest absolute Gasteiger partial charge is 0.123 e. The van der Waals surface area contributed by atoms with Crippen LogP contribution in [-0.2, 0) is 0 Å². The van der Waals surface area contributed by atoms with Crippen LogP contribution in [0.4, 0.5) is 22.7 Å². The van der Waals surface area contributed by atoms with Crippen molar-refractivity contribution in [3.8, 4) is 45.3 Å². The zero-order valence-electron chi connectivity index (χ0n) is 18.0. The zero-order valence-corrected chi connectivity index (χ0v) is 18.0.